The number of halogens is 1. The van der Waals surface area contributed by atoms with E-state index < -0.39 is 5.09 Å². The molecule has 0 aliphatic carbocycles. The third-order valence-corrected chi connectivity index (χ3v) is 4.18. The zero-order chi connectivity index (χ0) is 20.7. The average molecular weight is 534 g/mol. The zero-order valence-corrected chi connectivity index (χ0v) is 20.5. The molecule has 5 nitrogen and oxygen atoms in total. The van der Waals surface area contributed by atoms with Crippen LogP contribution in [0, 0.1) is 15.3 Å². The Morgan fingerprint density at radius 1 is 0.692 bits per heavy atom. The quantitative estimate of drug-likeness (QED) is 0.0765. The van der Waals surface area contributed by atoms with Crippen molar-refractivity contribution in [1.29, 1.82) is 0 Å². The van der Waals surface area contributed by atoms with Gasteiger partial charge >= 0.3 is 32.0 Å². The standard InChI is InChI=1S/C19H42N.Ag.BrH.NO3/c1-5-6-7-8-9-10-11-12-13-14-15-16-17-18-19-20(2,3)4;;;2-1(3)4/h5-19H2,1-4H3;;1H;/q2*+1;;-1/p-1. The van der Waals surface area contributed by atoms with Crippen LogP contribution in [0.25, 0.3) is 0 Å². The molecule has 0 spiro atoms. The maximum absolute atomic E-state index is 8.25. The van der Waals surface area contributed by atoms with E-state index in [1.54, 1.807) is 0 Å². The summed E-state index contributed by atoms with van der Waals surface area (Å²) in [5, 5.41) is 14.8. The van der Waals surface area contributed by atoms with Crippen LogP contribution in [-0.4, -0.2) is 37.3 Å². The summed E-state index contributed by atoms with van der Waals surface area (Å²) in [7, 11) is 6.88. The Labute approximate surface area is 180 Å². The molecule has 0 bridgehead atoms. The van der Waals surface area contributed by atoms with E-state index in [2.05, 4.69) is 60.0 Å². The van der Waals surface area contributed by atoms with Crippen molar-refractivity contribution in [2.75, 3.05) is 27.7 Å². The normalized spacial score (nSPS) is 10.4. The van der Waals surface area contributed by atoms with Crippen molar-refractivity contribution in [1.82, 2.24) is 0 Å². The molecule has 0 aliphatic rings. The molecule has 0 aromatic carbocycles. The molecule has 0 fully saturated rings. The molecule has 7 heteroatoms. The van der Waals surface area contributed by atoms with Crippen molar-refractivity contribution in [2.24, 2.45) is 0 Å². The Balaban J connectivity index is -0.000000769. The van der Waals surface area contributed by atoms with E-state index in [-0.39, 0.29) is 0 Å². The van der Waals surface area contributed by atoms with Gasteiger partial charge in [0.25, 0.3) is 0 Å². The number of hydrogen-bond acceptors (Lipinski definition) is 3. The van der Waals surface area contributed by atoms with Gasteiger partial charge in [0.15, 0.2) is 0 Å². The van der Waals surface area contributed by atoms with Gasteiger partial charge in [0, 0.05) is 0 Å². The fourth-order valence-corrected chi connectivity index (χ4v) is 2.78. The number of quaternary nitrogens is 1. The van der Waals surface area contributed by atoms with Crippen molar-refractivity contribution < 1.29 is 28.5 Å². The minimum atomic E-state index is -1.75. The van der Waals surface area contributed by atoms with E-state index in [1.165, 1.54) is 96.4 Å². The third-order valence-electron chi connectivity index (χ3n) is 4.18. The molecule has 0 saturated carbocycles. The first-order valence-electron chi connectivity index (χ1n) is 10.0. The zero-order valence-electron chi connectivity index (χ0n) is 17.4. The first-order valence-corrected chi connectivity index (χ1v) is 13.4. The van der Waals surface area contributed by atoms with Crippen LogP contribution in [0.5, 0.6) is 0 Å². The molecule has 0 radical (unpaired) electrons. The third kappa shape index (κ3) is 44.1. The Morgan fingerprint density at radius 2 is 0.923 bits per heavy atom. The Bertz CT molecular complexity index is 274. The number of unbranched alkanes of at least 4 members (excludes halogenated alkanes) is 13. The van der Waals surface area contributed by atoms with E-state index in [4.69, 9.17) is 15.3 Å². The first-order chi connectivity index (χ1) is 12.3. The molecule has 0 rings (SSSR count). The topological polar surface area (TPSA) is 66.2 Å². The van der Waals surface area contributed by atoms with Gasteiger partial charge in [0.2, 0.25) is 0 Å². The molecule has 26 heavy (non-hydrogen) atoms. The minimum absolute atomic E-state index is 1.12. The summed E-state index contributed by atoms with van der Waals surface area (Å²) in [6.45, 7) is 3.63. The molecule has 0 aromatic heterocycles. The Hall–Kier alpha value is 0.380. The second-order valence-corrected chi connectivity index (χ2v) is 7.83. The van der Waals surface area contributed by atoms with Crippen LogP contribution in [0.4, 0.5) is 0 Å². The molecular weight excluding hydrogens is 492 g/mol. The summed E-state index contributed by atoms with van der Waals surface area (Å²) in [6, 6.07) is 0. The fourth-order valence-electron chi connectivity index (χ4n) is 2.78. The van der Waals surface area contributed by atoms with E-state index in [9.17, 15) is 0 Å². The Morgan fingerprint density at radius 3 is 1.15 bits per heavy atom. The van der Waals surface area contributed by atoms with E-state index in [0.717, 1.165) is 4.48 Å². The fraction of sp³-hybridized carbons (Fsp3) is 1.00. The monoisotopic (exact) mass is 532 g/mol. The van der Waals surface area contributed by atoms with Crippen LogP contribution in [0.2, 0.25) is 0 Å². The SMILES string of the molecule is CCCCCCCCCCCCCCCC[N+](C)(C)C.O=[N+]([O-])[O-].[Br][Ag]. The number of nitrogens with zero attached hydrogens (tertiary/aromatic N) is 2. The van der Waals surface area contributed by atoms with Crippen LogP contribution in [0.15, 0.2) is 0 Å². The average Bonchev–Trinajstić information content (AvgIpc) is 2.55. The van der Waals surface area contributed by atoms with E-state index >= 15 is 0 Å². The van der Waals surface area contributed by atoms with Gasteiger partial charge in [-0.3, -0.25) is 0 Å². The second-order valence-electron chi connectivity index (χ2n) is 7.83. The summed E-state index contributed by atoms with van der Waals surface area (Å²) < 4.78 is 1.12. The molecule has 0 heterocycles. The van der Waals surface area contributed by atoms with Gasteiger partial charge in [-0.15, -0.1) is 0 Å². The van der Waals surface area contributed by atoms with E-state index in [0.29, 0.717) is 0 Å². The molecule has 0 unspecified atom stereocenters. The summed E-state index contributed by atoms with van der Waals surface area (Å²) in [5.74, 6) is 0. The predicted octanol–water partition coefficient (Wildman–Crippen LogP) is 6.78. The molecule has 0 N–H and O–H groups in total. The summed E-state index contributed by atoms with van der Waals surface area (Å²) >= 11 is 5.51. The van der Waals surface area contributed by atoms with Gasteiger partial charge in [0.1, 0.15) is 0 Å². The molecule has 0 atom stereocenters. The van der Waals surface area contributed by atoms with E-state index in [1.807, 2.05) is 0 Å². The predicted molar refractivity (Wildman–Crippen MR) is 112 cm³/mol. The van der Waals surface area contributed by atoms with Crippen molar-refractivity contribution in [3.8, 4) is 0 Å². The van der Waals surface area contributed by atoms with Gasteiger partial charge in [-0.25, -0.2) is 0 Å². The van der Waals surface area contributed by atoms with Gasteiger partial charge in [-0.05, 0) is 12.8 Å². The van der Waals surface area contributed by atoms with Crippen molar-refractivity contribution in [3.05, 3.63) is 15.3 Å². The Kier molecular flexibility index (Phi) is 30.3. The maximum atomic E-state index is 8.25. The van der Waals surface area contributed by atoms with Crippen LogP contribution in [0.3, 0.4) is 0 Å². The molecule has 0 aliphatic heterocycles. The molecule has 164 valence electrons. The molecule has 0 amide bonds. The van der Waals surface area contributed by atoms with Crippen LogP contribution in [0.1, 0.15) is 96.8 Å². The number of rotatable bonds is 15. The summed E-state index contributed by atoms with van der Waals surface area (Å²) in [5.41, 5.74) is 0. The van der Waals surface area contributed by atoms with Crippen LogP contribution >= 0.6 is 13.0 Å². The summed E-state index contributed by atoms with van der Waals surface area (Å²) in [6.07, 6.45) is 20.4. The van der Waals surface area contributed by atoms with Crippen molar-refractivity contribution >= 4 is 13.0 Å². The van der Waals surface area contributed by atoms with Gasteiger partial charge in [-0.1, -0.05) is 84.0 Å². The second kappa shape index (κ2) is 25.4. The molecular formula is C19H42AgBrN2O3. The summed E-state index contributed by atoms with van der Waals surface area (Å²) in [4.78, 5) is 8.25. The van der Waals surface area contributed by atoms with Crippen LogP contribution in [-0.2, 0) is 18.9 Å². The van der Waals surface area contributed by atoms with Crippen LogP contribution < -0.4 is 0 Å². The number of hydrogen-bond donors (Lipinski definition) is 0. The molecule has 0 saturated heterocycles. The van der Waals surface area contributed by atoms with Gasteiger partial charge < -0.3 is 19.8 Å². The van der Waals surface area contributed by atoms with Crippen molar-refractivity contribution in [3.63, 3.8) is 0 Å². The van der Waals surface area contributed by atoms with Crippen molar-refractivity contribution in [2.45, 2.75) is 96.8 Å². The first kappa shape index (κ1) is 31.1. The van der Waals surface area contributed by atoms with Gasteiger partial charge in [0.05, 0.1) is 32.8 Å². The van der Waals surface area contributed by atoms with Gasteiger partial charge in [-0.2, -0.15) is 0 Å². The molecule has 0 aromatic rings.